The van der Waals surface area contributed by atoms with E-state index in [1.165, 1.54) is 0 Å². The summed E-state index contributed by atoms with van der Waals surface area (Å²) in [6.45, 7) is 6.13. The van der Waals surface area contributed by atoms with Crippen LogP contribution in [0.4, 0.5) is 0 Å². The quantitative estimate of drug-likeness (QED) is 0.760. The third kappa shape index (κ3) is 2.35. The monoisotopic (exact) mass is 256 g/mol. The highest BCUT2D eigenvalue weighted by Crippen LogP contribution is 2.22. The molecular weight excluding hydrogens is 244 g/mol. The summed E-state index contributed by atoms with van der Waals surface area (Å²) in [7, 11) is 0. The molecule has 0 aliphatic carbocycles. The molecule has 3 heteroatoms. The normalized spacial score (nSPS) is 10.0. The highest BCUT2D eigenvalue weighted by molar-refractivity contribution is 9.10. The van der Waals surface area contributed by atoms with Gasteiger partial charge in [-0.15, -0.1) is 0 Å². The Labute approximate surface area is 92.4 Å². The van der Waals surface area contributed by atoms with Gasteiger partial charge < -0.3 is 4.74 Å². The van der Waals surface area contributed by atoms with Gasteiger partial charge in [0, 0.05) is 4.47 Å². The van der Waals surface area contributed by atoms with Crippen molar-refractivity contribution in [3.63, 3.8) is 0 Å². The van der Waals surface area contributed by atoms with Gasteiger partial charge in [-0.1, -0.05) is 15.9 Å². The van der Waals surface area contributed by atoms with Crippen LogP contribution in [-0.4, -0.2) is 12.6 Å². The molecule has 0 spiro atoms. The molecule has 0 saturated carbocycles. The molecule has 2 nitrogen and oxygen atoms in total. The van der Waals surface area contributed by atoms with Crippen LogP contribution in [0, 0.1) is 13.8 Å². The number of carbonyl (C=O) groups is 1. The number of benzene rings is 1. The minimum Gasteiger partial charge on any atom is -0.462 e. The fraction of sp³-hybridized carbons (Fsp3) is 0.364. The first-order valence-electron chi connectivity index (χ1n) is 4.50. The molecule has 0 unspecified atom stereocenters. The molecule has 0 atom stereocenters. The standard InChI is InChI=1S/C11H13BrO2/c1-4-14-11(13)9-5-7(2)10(12)8(3)6-9/h5-6H,4H2,1-3H3. The lowest BCUT2D eigenvalue weighted by Crippen LogP contribution is -2.05. The maximum Gasteiger partial charge on any atom is 0.338 e. The SMILES string of the molecule is CCOC(=O)c1cc(C)c(Br)c(C)c1. The van der Waals surface area contributed by atoms with Gasteiger partial charge in [-0.05, 0) is 44.0 Å². The molecular formula is C11H13BrO2. The molecule has 14 heavy (non-hydrogen) atoms. The predicted octanol–water partition coefficient (Wildman–Crippen LogP) is 3.24. The van der Waals surface area contributed by atoms with Crippen molar-refractivity contribution < 1.29 is 9.53 Å². The second-order valence-electron chi connectivity index (χ2n) is 3.14. The average Bonchev–Trinajstić information content (AvgIpc) is 2.13. The van der Waals surface area contributed by atoms with Gasteiger partial charge in [0.1, 0.15) is 0 Å². The first-order valence-corrected chi connectivity index (χ1v) is 5.29. The van der Waals surface area contributed by atoms with Gasteiger partial charge in [-0.3, -0.25) is 0 Å². The molecule has 1 aromatic carbocycles. The van der Waals surface area contributed by atoms with Crippen LogP contribution >= 0.6 is 15.9 Å². The van der Waals surface area contributed by atoms with E-state index in [0.717, 1.165) is 15.6 Å². The number of hydrogen-bond donors (Lipinski definition) is 0. The van der Waals surface area contributed by atoms with Crippen LogP contribution < -0.4 is 0 Å². The van der Waals surface area contributed by atoms with E-state index < -0.39 is 0 Å². The molecule has 0 radical (unpaired) electrons. The predicted molar refractivity (Wildman–Crippen MR) is 59.6 cm³/mol. The number of carbonyl (C=O) groups excluding carboxylic acids is 1. The summed E-state index contributed by atoms with van der Waals surface area (Å²) in [5.41, 5.74) is 2.71. The molecule has 0 bridgehead atoms. The molecule has 0 aliphatic heterocycles. The van der Waals surface area contributed by atoms with Gasteiger partial charge in [0.15, 0.2) is 0 Å². The van der Waals surface area contributed by atoms with E-state index >= 15 is 0 Å². The Kier molecular flexibility index (Phi) is 3.69. The minimum absolute atomic E-state index is 0.258. The Hall–Kier alpha value is -0.830. The van der Waals surface area contributed by atoms with E-state index in [4.69, 9.17) is 4.74 Å². The molecule has 0 aliphatic rings. The zero-order valence-electron chi connectivity index (χ0n) is 8.56. The third-order valence-corrected chi connectivity index (χ3v) is 3.20. The summed E-state index contributed by atoms with van der Waals surface area (Å²) < 4.78 is 5.97. The maximum absolute atomic E-state index is 11.4. The van der Waals surface area contributed by atoms with Crippen molar-refractivity contribution in [1.29, 1.82) is 0 Å². The van der Waals surface area contributed by atoms with Crippen molar-refractivity contribution in [1.82, 2.24) is 0 Å². The van der Waals surface area contributed by atoms with Crippen LogP contribution in [0.1, 0.15) is 28.4 Å². The molecule has 0 heterocycles. The lowest BCUT2D eigenvalue weighted by atomic mass is 10.1. The van der Waals surface area contributed by atoms with Crippen LogP contribution in [0.25, 0.3) is 0 Å². The summed E-state index contributed by atoms with van der Waals surface area (Å²) in [4.78, 5) is 11.4. The van der Waals surface area contributed by atoms with Crippen molar-refractivity contribution in [2.45, 2.75) is 20.8 Å². The van der Waals surface area contributed by atoms with Crippen LogP contribution in [0.15, 0.2) is 16.6 Å². The molecule has 76 valence electrons. The van der Waals surface area contributed by atoms with E-state index in [0.29, 0.717) is 12.2 Å². The minimum atomic E-state index is -0.258. The van der Waals surface area contributed by atoms with Gasteiger partial charge >= 0.3 is 5.97 Å². The van der Waals surface area contributed by atoms with E-state index in [2.05, 4.69) is 15.9 Å². The third-order valence-electron chi connectivity index (χ3n) is 1.95. The Bertz CT molecular complexity index is 335. The largest absolute Gasteiger partial charge is 0.462 e. The second kappa shape index (κ2) is 4.60. The molecule has 0 fully saturated rings. The summed E-state index contributed by atoms with van der Waals surface area (Å²) >= 11 is 3.45. The summed E-state index contributed by atoms with van der Waals surface area (Å²) in [5, 5.41) is 0. The fourth-order valence-electron chi connectivity index (χ4n) is 1.28. The highest BCUT2D eigenvalue weighted by Gasteiger charge is 2.09. The van der Waals surface area contributed by atoms with Gasteiger partial charge in [0.2, 0.25) is 0 Å². The van der Waals surface area contributed by atoms with Crippen LogP contribution in [0.3, 0.4) is 0 Å². The van der Waals surface area contributed by atoms with E-state index in [1.54, 1.807) is 6.92 Å². The van der Waals surface area contributed by atoms with Crippen molar-refractivity contribution in [2.24, 2.45) is 0 Å². The van der Waals surface area contributed by atoms with Crippen molar-refractivity contribution in [2.75, 3.05) is 6.61 Å². The Morgan fingerprint density at radius 2 is 1.86 bits per heavy atom. The number of esters is 1. The van der Waals surface area contributed by atoms with Crippen LogP contribution in [-0.2, 0) is 4.74 Å². The topological polar surface area (TPSA) is 26.3 Å². The maximum atomic E-state index is 11.4. The number of rotatable bonds is 2. The number of aryl methyl sites for hydroxylation is 2. The van der Waals surface area contributed by atoms with Crippen molar-refractivity contribution in [3.8, 4) is 0 Å². The van der Waals surface area contributed by atoms with E-state index in [-0.39, 0.29) is 5.97 Å². The summed E-state index contributed by atoms with van der Waals surface area (Å²) in [5.74, 6) is -0.258. The molecule has 1 aromatic rings. The zero-order chi connectivity index (χ0) is 10.7. The molecule has 0 saturated heterocycles. The Morgan fingerprint density at radius 1 is 1.36 bits per heavy atom. The van der Waals surface area contributed by atoms with Crippen molar-refractivity contribution >= 4 is 21.9 Å². The fourth-order valence-corrected chi connectivity index (χ4v) is 1.51. The highest BCUT2D eigenvalue weighted by atomic mass is 79.9. The van der Waals surface area contributed by atoms with Gasteiger partial charge in [0.25, 0.3) is 0 Å². The van der Waals surface area contributed by atoms with Crippen LogP contribution in [0.5, 0.6) is 0 Å². The Balaban J connectivity index is 3.06. The molecule has 0 amide bonds. The van der Waals surface area contributed by atoms with E-state index in [9.17, 15) is 4.79 Å². The lowest BCUT2D eigenvalue weighted by Gasteiger charge is -2.07. The van der Waals surface area contributed by atoms with Gasteiger partial charge in [-0.25, -0.2) is 4.79 Å². The molecule has 1 rings (SSSR count). The summed E-state index contributed by atoms with van der Waals surface area (Å²) in [6.07, 6.45) is 0. The molecule has 0 N–H and O–H groups in total. The van der Waals surface area contributed by atoms with Crippen LogP contribution in [0.2, 0.25) is 0 Å². The number of hydrogen-bond acceptors (Lipinski definition) is 2. The lowest BCUT2D eigenvalue weighted by molar-refractivity contribution is 0.0526. The number of ether oxygens (including phenoxy) is 1. The van der Waals surface area contributed by atoms with E-state index in [1.807, 2.05) is 26.0 Å². The Morgan fingerprint density at radius 3 is 2.29 bits per heavy atom. The average molecular weight is 257 g/mol. The van der Waals surface area contributed by atoms with Gasteiger partial charge in [0.05, 0.1) is 12.2 Å². The van der Waals surface area contributed by atoms with Gasteiger partial charge in [-0.2, -0.15) is 0 Å². The first-order chi connectivity index (χ1) is 6.56. The number of halogens is 1. The second-order valence-corrected chi connectivity index (χ2v) is 3.94. The van der Waals surface area contributed by atoms with Crippen molar-refractivity contribution in [3.05, 3.63) is 33.3 Å². The first kappa shape index (κ1) is 11.2. The smallest absolute Gasteiger partial charge is 0.338 e. The molecule has 0 aromatic heterocycles. The zero-order valence-corrected chi connectivity index (χ0v) is 10.1. The summed E-state index contributed by atoms with van der Waals surface area (Å²) in [6, 6.07) is 3.66.